The second-order valence-electron chi connectivity index (χ2n) is 5.92. The highest BCUT2D eigenvalue weighted by Gasteiger charge is 2.15. The zero-order valence-electron chi connectivity index (χ0n) is 14.3. The van der Waals surface area contributed by atoms with Gasteiger partial charge in [-0.2, -0.15) is 0 Å². The number of hydrogen-bond donors (Lipinski definition) is 3. The maximum Gasteiger partial charge on any atom is 0.260 e. The molecule has 0 unspecified atom stereocenters. The lowest BCUT2D eigenvalue weighted by Crippen LogP contribution is -2.18. The van der Waals surface area contributed by atoms with Crippen LogP contribution in [0.15, 0.2) is 78.9 Å². The Balaban J connectivity index is 1.56. The van der Waals surface area contributed by atoms with E-state index in [1.54, 1.807) is 48.5 Å². The molecule has 1 heterocycles. The van der Waals surface area contributed by atoms with Gasteiger partial charge in [0, 0.05) is 5.56 Å². The topological polar surface area (TPSA) is 86.9 Å². The molecule has 1 aromatic heterocycles. The van der Waals surface area contributed by atoms with E-state index >= 15 is 0 Å². The largest absolute Gasteiger partial charge is 0.324 e. The fraction of sp³-hybridized carbons (Fsp3) is 0. The maximum absolute atomic E-state index is 12.7. The summed E-state index contributed by atoms with van der Waals surface area (Å²) in [6.07, 6.45) is 0. The molecule has 6 heteroatoms. The third kappa shape index (κ3) is 3.55. The second kappa shape index (κ2) is 7.13. The van der Waals surface area contributed by atoms with Crippen LogP contribution in [0.5, 0.6) is 0 Å². The third-order valence-corrected chi connectivity index (χ3v) is 4.08. The van der Waals surface area contributed by atoms with Crippen molar-refractivity contribution in [3.05, 3.63) is 90.0 Å². The van der Waals surface area contributed by atoms with E-state index in [1.165, 1.54) is 0 Å². The number of para-hydroxylation sites is 3. The van der Waals surface area contributed by atoms with Crippen LogP contribution in [0.2, 0.25) is 0 Å². The molecule has 0 saturated carbocycles. The summed E-state index contributed by atoms with van der Waals surface area (Å²) in [5.74, 6) is -0.289. The molecule has 0 aliphatic carbocycles. The van der Waals surface area contributed by atoms with Crippen molar-refractivity contribution in [3.63, 3.8) is 0 Å². The van der Waals surface area contributed by atoms with Crippen molar-refractivity contribution in [1.82, 2.24) is 9.97 Å². The second-order valence-corrected chi connectivity index (χ2v) is 5.92. The molecule has 3 aromatic carbocycles. The highest BCUT2D eigenvalue weighted by Crippen LogP contribution is 2.19. The Labute approximate surface area is 155 Å². The summed E-state index contributed by atoms with van der Waals surface area (Å²) in [6.45, 7) is 0. The minimum absolute atomic E-state index is 0.278. The standard InChI is InChI=1S/C21H16N4O2/c26-19(14-8-2-1-3-9-14)22-16-11-5-4-10-15(16)20(27)25-21-23-17-12-6-7-13-18(17)24-21/h1-13H,(H,22,26)(H2,23,24,25,27). The fourth-order valence-corrected chi connectivity index (χ4v) is 2.76. The van der Waals surface area contributed by atoms with E-state index in [-0.39, 0.29) is 11.8 Å². The molecule has 0 aliphatic heterocycles. The zero-order valence-corrected chi connectivity index (χ0v) is 14.3. The minimum atomic E-state index is -0.363. The lowest BCUT2D eigenvalue weighted by Gasteiger charge is -2.10. The molecular formula is C21H16N4O2. The van der Waals surface area contributed by atoms with Gasteiger partial charge >= 0.3 is 0 Å². The smallest absolute Gasteiger partial charge is 0.260 e. The number of H-pyrrole nitrogens is 1. The van der Waals surface area contributed by atoms with Crippen LogP contribution in [0.3, 0.4) is 0 Å². The molecule has 6 nitrogen and oxygen atoms in total. The first kappa shape index (κ1) is 16.5. The molecule has 3 N–H and O–H groups in total. The van der Waals surface area contributed by atoms with Gasteiger partial charge in [0.05, 0.1) is 22.3 Å². The zero-order chi connectivity index (χ0) is 18.6. The molecule has 0 fully saturated rings. The minimum Gasteiger partial charge on any atom is -0.324 e. The number of aromatic amines is 1. The summed E-state index contributed by atoms with van der Waals surface area (Å²) in [6, 6.07) is 23.2. The highest BCUT2D eigenvalue weighted by molar-refractivity contribution is 6.12. The number of carbonyl (C=O) groups is 2. The number of benzene rings is 3. The van der Waals surface area contributed by atoms with Crippen molar-refractivity contribution in [2.75, 3.05) is 10.6 Å². The average Bonchev–Trinajstić information content (AvgIpc) is 3.11. The van der Waals surface area contributed by atoms with Crippen LogP contribution in [-0.4, -0.2) is 21.8 Å². The first-order chi connectivity index (χ1) is 13.2. The molecule has 4 aromatic rings. The molecule has 0 saturated heterocycles. The van der Waals surface area contributed by atoms with Gasteiger partial charge in [-0.05, 0) is 36.4 Å². The normalized spacial score (nSPS) is 10.5. The van der Waals surface area contributed by atoms with E-state index in [1.807, 2.05) is 30.3 Å². The van der Waals surface area contributed by atoms with E-state index in [4.69, 9.17) is 0 Å². The van der Waals surface area contributed by atoms with Crippen molar-refractivity contribution in [2.45, 2.75) is 0 Å². The summed E-state index contributed by atoms with van der Waals surface area (Å²) < 4.78 is 0. The SMILES string of the molecule is O=C(Nc1ccccc1C(=O)Nc1nc2ccccc2[nH]1)c1ccccc1. The fourth-order valence-electron chi connectivity index (χ4n) is 2.76. The van der Waals surface area contributed by atoms with Crippen LogP contribution in [0.25, 0.3) is 11.0 Å². The first-order valence-electron chi connectivity index (χ1n) is 8.42. The number of nitrogens with zero attached hydrogens (tertiary/aromatic N) is 1. The van der Waals surface area contributed by atoms with Crippen LogP contribution in [0, 0.1) is 0 Å². The van der Waals surface area contributed by atoms with Gasteiger partial charge in [-0.25, -0.2) is 4.98 Å². The number of nitrogens with one attached hydrogen (secondary N) is 3. The van der Waals surface area contributed by atoms with Gasteiger partial charge in [-0.1, -0.05) is 42.5 Å². The van der Waals surface area contributed by atoms with E-state index in [0.717, 1.165) is 11.0 Å². The maximum atomic E-state index is 12.7. The number of imidazole rings is 1. The predicted molar refractivity (Wildman–Crippen MR) is 105 cm³/mol. The van der Waals surface area contributed by atoms with Gasteiger partial charge in [0.15, 0.2) is 0 Å². The van der Waals surface area contributed by atoms with Gasteiger partial charge in [-0.3, -0.25) is 14.9 Å². The van der Waals surface area contributed by atoms with Crippen molar-refractivity contribution < 1.29 is 9.59 Å². The van der Waals surface area contributed by atoms with Gasteiger partial charge in [-0.15, -0.1) is 0 Å². The van der Waals surface area contributed by atoms with Crippen molar-refractivity contribution in [1.29, 1.82) is 0 Å². The van der Waals surface area contributed by atoms with Crippen LogP contribution in [0.1, 0.15) is 20.7 Å². The summed E-state index contributed by atoms with van der Waals surface area (Å²) in [4.78, 5) is 32.5. The number of anilines is 2. The van der Waals surface area contributed by atoms with E-state index in [9.17, 15) is 9.59 Å². The Morgan fingerprint density at radius 3 is 2.26 bits per heavy atom. The van der Waals surface area contributed by atoms with E-state index < -0.39 is 0 Å². The van der Waals surface area contributed by atoms with Crippen LogP contribution < -0.4 is 10.6 Å². The van der Waals surface area contributed by atoms with Gasteiger partial charge in [0.25, 0.3) is 11.8 Å². The quantitative estimate of drug-likeness (QED) is 0.515. The molecule has 0 radical (unpaired) electrons. The number of hydrogen-bond acceptors (Lipinski definition) is 3. The number of aromatic nitrogens is 2. The Kier molecular flexibility index (Phi) is 4.37. The molecule has 0 bridgehead atoms. The molecule has 27 heavy (non-hydrogen) atoms. The number of fused-ring (bicyclic) bond motifs is 1. The van der Waals surface area contributed by atoms with Crippen LogP contribution in [0.4, 0.5) is 11.6 Å². The number of carbonyl (C=O) groups excluding carboxylic acids is 2. The lowest BCUT2D eigenvalue weighted by atomic mass is 10.1. The number of rotatable bonds is 4. The van der Waals surface area contributed by atoms with Gasteiger partial charge in [0.2, 0.25) is 5.95 Å². The van der Waals surface area contributed by atoms with E-state index in [2.05, 4.69) is 20.6 Å². The van der Waals surface area contributed by atoms with Crippen molar-refractivity contribution >= 4 is 34.5 Å². The van der Waals surface area contributed by atoms with Gasteiger partial charge in [0.1, 0.15) is 0 Å². The van der Waals surface area contributed by atoms with Gasteiger partial charge < -0.3 is 10.3 Å². The van der Waals surface area contributed by atoms with Crippen LogP contribution >= 0.6 is 0 Å². The monoisotopic (exact) mass is 356 g/mol. The Bertz CT molecular complexity index is 1090. The third-order valence-electron chi connectivity index (χ3n) is 4.08. The lowest BCUT2D eigenvalue weighted by molar-refractivity contribution is 0.102. The van der Waals surface area contributed by atoms with Crippen molar-refractivity contribution in [3.8, 4) is 0 Å². The summed E-state index contributed by atoms with van der Waals surface area (Å²) in [5, 5.41) is 5.53. The first-order valence-corrected chi connectivity index (χ1v) is 8.42. The molecule has 132 valence electrons. The molecule has 0 spiro atoms. The summed E-state index contributed by atoms with van der Waals surface area (Å²) >= 11 is 0. The summed E-state index contributed by atoms with van der Waals surface area (Å²) in [7, 11) is 0. The molecule has 0 atom stereocenters. The molecule has 0 aliphatic rings. The summed E-state index contributed by atoms with van der Waals surface area (Å²) in [5.41, 5.74) is 2.89. The Hall–Kier alpha value is -3.93. The van der Waals surface area contributed by atoms with E-state index in [0.29, 0.717) is 22.8 Å². The molecule has 2 amide bonds. The highest BCUT2D eigenvalue weighted by atomic mass is 16.2. The predicted octanol–water partition coefficient (Wildman–Crippen LogP) is 4.07. The Morgan fingerprint density at radius 2 is 1.44 bits per heavy atom. The molecule has 4 rings (SSSR count). The van der Waals surface area contributed by atoms with Crippen molar-refractivity contribution in [2.24, 2.45) is 0 Å². The number of amides is 2. The average molecular weight is 356 g/mol. The van der Waals surface area contributed by atoms with Crippen LogP contribution in [-0.2, 0) is 0 Å². The molecular weight excluding hydrogens is 340 g/mol. The Morgan fingerprint density at radius 1 is 0.741 bits per heavy atom.